The molecule has 0 radical (unpaired) electrons. The molecule has 1 N–H and O–H groups in total. The zero-order valence-corrected chi connectivity index (χ0v) is 20.5. The van der Waals surface area contributed by atoms with Crippen molar-refractivity contribution in [1.82, 2.24) is 15.1 Å². The molecule has 0 aliphatic carbocycles. The van der Waals surface area contributed by atoms with E-state index in [4.69, 9.17) is 14.1 Å². The zero-order chi connectivity index (χ0) is 20.6. The normalized spacial score (nSPS) is 18.9. The molecule has 7 heteroatoms. The number of aliphatic imine (C=N–C) groups is 1. The van der Waals surface area contributed by atoms with E-state index in [1.165, 1.54) is 12.0 Å². The lowest BCUT2D eigenvalue weighted by atomic mass is 10.1. The molecule has 2 aliphatic rings. The summed E-state index contributed by atoms with van der Waals surface area (Å²) in [5.41, 5.74) is 1.29. The van der Waals surface area contributed by atoms with Crippen LogP contribution in [0.2, 0.25) is 0 Å². The number of benzene rings is 1. The summed E-state index contributed by atoms with van der Waals surface area (Å²) in [7, 11) is 1.70. The second-order valence-corrected chi connectivity index (χ2v) is 7.87. The van der Waals surface area contributed by atoms with Crippen LogP contribution in [0.3, 0.4) is 0 Å². The van der Waals surface area contributed by atoms with Crippen molar-refractivity contribution in [2.24, 2.45) is 4.99 Å². The van der Waals surface area contributed by atoms with Gasteiger partial charge in [0.05, 0.1) is 13.4 Å². The van der Waals surface area contributed by atoms with Crippen LogP contribution in [0.4, 0.5) is 0 Å². The molecule has 0 bridgehead atoms. The molecule has 31 heavy (non-hydrogen) atoms. The quantitative estimate of drug-likeness (QED) is 0.242. The molecule has 2 aromatic rings. The van der Waals surface area contributed by atoms with Crippen molar-refractivity contribution in [3.8, 4) is 5.75 Å². The number of hydrogen-bond donors (Lipinski definition) is 1. The molecule has 1 unspecified atom stereocenters. The van der Waals surface area contributed by atoms with Crippen molar-refractivity contribution in [1.29, 1.82) is 0 Å². The van der Waals surface area contributed by atoms with Gasteiger partial charge in [-0.2, -0.15) is 0 Å². The first-order valence-corrected chi connectivity index (χ1v) is 10.9. The Balaban J connectivity index is 0.00000272. The van der Waals surface area contributed by atoms with Gasteiger partial charge in [0.2, 0.25) is 0 Å². The van der Waals surface area contributed by atoms with Crippen LogP contribution in [0.1, 0.15) is 17.7 Å². The van der Waals surface area contributed by atoms with Crippen LogP contribution in [0, 0.1) is 0 Å². The summed E-state index contributed by atoms with van der Waals surface area (Å²) in [5.74, 6) is 2.90. The smallest absolute Gasteiger partial charge is 0.194 e. The Labute approximate surface area is 202 Å². The number of halogens is 1. The van der Waals surface area contributed by atoms with Crippen LogP contribution >= 0.6 is 24.0 Å². The molecule has 0 spiro atoms. The Bertz CT molecular complexity index is 828. The average molecular weight is 536 g/mol. The predicted octanol–water partition coefficient (Wildman–Crippen LogP) is 3.58. The highest BCUT2D eigenvalue weighted by atomic mass is 127. The highest BCUT2D eigenvalue weighted by Crippen LogP contribution is 2.18. The van der Waals surface area contributed by atoms with E-state index < -0.39 is 0 Å². The van der Waals surface area contributed by atoms with Crippen molar-refractivity contribution >= 4 is 29.9 Å². The van der Waals surface area contributed by atoms with Gasteiger partial charge in [-0.15, -0.1) is 24.0 Å². The van der Waals surface area contributed by atoms with Crippen LogP contribution in [-0.4, -0.2) is 68.2 Å². The minimum absolute atomic E-state index is 0. The minimum atomic E-state index is 0. The lowest BCUT2D eigenvalue weighted by molar-refractivity contribution is 0.259. The summed E-state index contributed by atoms with van der Waals surface area (Å²) in [6.07, 6.45) is 9.24. The van der Waals surface area contributed by atoms with Crippen LogP contribution in [0.5, 0.6) is 5.75 Å². The highest BCUT2D eigenvalue weighted by Gasteiger charge is 2.29. The Hall–Kier alpha value is -2.00. The SMILES string of the molecule is COc1ccc(CCNC(=NCCc2ccco2)N2CCC(N3CC=CC3)C2)cc1.I. The van der Waals surface area contributed by atoms with E-state index in [9.17, 15) is 0 Å². The van der Waals surface area contributed by atoms with E-state index in [1.54, 1.807) is 13.4 Å². The summed E-state index contributed by atoms with van der Waals surface area (Å²) < 4.78 is 10.7. The molecule has 1 fully saturated rings. The molecule has 3 heterocycles. The molecule has 0 amide bonds. The highest BCUT2D eigenvalue weighted by molar-refractivity contribution is 14.0. The molecule has 1 aromatic carbocycles. The predicted molar refractivity (Wildman–Crippen MR) is 136 cm³/mol. The van der Waals surface area contributed by atoms with Gasteiger partial charge in [-0.25, -0.2) is 0 Å². The minimum Gasteiger partial charge on any atom is -0.497 e. The topological polar surface area (TPSA) is 53.2 Å². The molecule has 0 saturated carbocycles. The van der Waals surface area contributed by atoms with Gasteiger partial charge in [0, 0.05) is 51.7 Å². The van der Waals surface area contributed by atoms with Gasteiger partial charge < -0.3 is 19.4 Å². The fourth-order valence-corrected chi connectivity index (χ4v) is 4.13. The first kappa shape index (κ1) is 23.7. The molecule has 6 nitrogen and oxygen atoms in total. The average Bonchev–Trinajstić information content (AvgIpc) is 3.55. The first-order chi connectivity index (χ1) is 14.8. The molecular formula is C24H33IN4O2. The summed E-state index contributed by atoms with van der Waals surface area (Å²) in [4.78, 5) is 9.89. The number of rotatable bonds is 8. The second kappa shape index (κ2) is 12.1. The number of ether oxygens (including phenoxy) is 1. The molecule has 2 aliphatic heterocycles. The van der Waals surface area contributed by atoms with Gasteiger partial charge in [-0.05, 0) is 42.7 Å². The maximum absolute atomic E-state index is 5.46. The lowest BCUT2D eigenvalue weighted by Gasteiger charge is -2.25. The number of hydrogen-bond acceptors (Lipinski definition) is 4. The lowest BCUT2D eigenvalue weighted by Crippen LogP contribution is -2.43. The van der Waals surface area contributed by atoms with Crippen molar-refractivity contribution < 1.29 is 9.15 Å². The van der Waals surface area contributed by atoms with E-state index in [1.807, 2.05) is 24.3 Å². The van der Waals surface area contributed by atoms with E-state index in [0.717, 1.165) is 69.6 Å². The van der Waals surface area contributed by atoms with E-state index in [2.05, 4.69) is 39.4 Å². The Kier molecular flexibility index (Phi) is 9.27. The van der Waals surface area contributed by atoms with Gasteiger partial charge in [0.15, 0.2) is 5.96 Å². The van der Waals surface area contributed by atoms with Crippen LogP contribution in [-0.2, 0) is 12.8 Å². The maximum Gasteiger partial charge on any atom is 0.194 e. The molecule has 168 valence electrons. The van der Waals surface area contributed by atoms with Crippen LogP contribution in [0.25, 0.3) is 0 Å². The number of likely N-dealkylation sites (tertiary alicyclic amines) is 1. The number of furan rings is 1. The van der Waals surface area contributed by atoms with E-state index in [0.29, 0.717) is 6.04 Å². The first-order valence-electron chi connectivity index (χ1n) is 10.9. The Morgan fingerprint density at radius 3 is 2.68 bits per heavy atom. The summed E-state index contributed by atoms with van der Waals surface area (Å²) in [6, 6.07) is 12.8. The fraction of sp³-hybridized carbons (Fsp3) is 0.458. The number of nitrogens with one attached hydrogen (secondary N) is 1. The summed E-state index contributed by atoms with van der Waals surface area (Å²) in [5, 5.41) is 3.61. The van der Waals surface area contributed by atoms with Gasteiger partial charge in [-0.3, -0.25) is 9.89 Å². The molecular weight excluding hydrogens is 503 g/mol. The molecule has 1 saturated heterocycles. The van der Waals surface area contributed by atoms with E-state index in [-0.39, 0.29) is 24.0 Å². The third-order valence-corrected chi connectivity index (χ3v) is 5.88. The summed E-state index contributed by atoms with van der Waals surface area (Å²) in [6.45, 7) is 5.83. The number of nitrogens with zero attached hydrogens (tertiary/aromatic N) is 3. The van der Waals surface area contributed by atoms with Gasteiger partial charge in [-0.1, -0.05) is 24.3 Å². The van der Waals surface area contributed by atoms with Gasteiger partial charge in [0.1, 0.15) is 11.5 Å². The third kappa shape index (κ3) is 6.74. The number of guanidine groups is 1. The second-order valence-electron chi connectivity index (χ2n) is 7.87. The summed E-state index contributed by atoms with van der Waals surface area (Å²) >= 11 is 0. The van der Waals surface area contributed by atoms with Crippen molar-refractivity contribution in [3.63, 3.8) is 0 Å². The van der Waals surface area contributed by atoms with Crippen molar-refractivity contribution in [3.05, 3.63) is 66.1 Å². The van der Waals surface area contributed by atoms with E-state index >= 15 is 0 Å². The third-order valence-electron chi connectivity index (χ3n) is 5.88. The fourth-order valence-electron chi connectivity index (χ4n) is 4.13. The molecule has 4 rings (SSSR count). The van der Waals surface area contributed by atoms with Crippen molar-refractivity contribution in [2.75, 3.05) is 46.4 Å². The maximum atomic E-state index is 5.46. The van der Waals surface area contributed by atoms with Gasteiger partial charge in [0.25, 0.3) is 0 Å². The molecule has 1 aromatic heterocycles. The van der Waals surface area contributed by atoms with Crippen LogP contribution < -0.4 is 10.1 Å². The Morgan fingerprint density at radius 2 is 1.97 bits per heavy atom. The Morgan fingerprint density at radius 1 is 1.16 bits per heavy atom. The zero-order valence-electron chi connectivity index (χ0n) is 18.2. The number of methoxy groups -OCH3 is 1. The monoisotopic (exact) mass is 536 g/mol. The van der Waals surface area contributed by atoms with Crippen molar-refractivity contribution in [2.45, 2.75) is 25.3 Å². The standard InChI is InChI=1S/C24H32N4O2.HI/c1-29-22-8-6-20(7-9-22)10-13-25-24(26-14-11-23-5-4-18-30-23)28-17-12-21(19-28)27-15-2-3-16-27;/h2-9,18,21H,10-17,19H2,1H3,(H,25,26);1H. The largest absolute Gasteiger partial charge is 0.497 e. The van der Waals surface area contributed by atoms with Crippen LogP contribution in [0.15, 0.2) is 64.2 Å². The van der Waals surface area contributed by atoms with Gasteiger partial charge >= 0.3 is 0 Å². The molecule has 1 atom stereocenters.